The smallest absolute Gasteiger partial charge is 0.269 e. The van der Waals surface area contributed by atoms with Gasteiger partial charge in [0.15, 0.2) is 5.11 Å². The van der Waals surface area contributed by atoms with Crippen LogP contribution in [0.2, 0.25) is 0 Å². The molecule has 2 aromatic carbocycles. The van der Waals surface area contributed by atoms with Crippen molar-refractivity contribution < 1.29 is 9.72 Å². The number of nitrogens with one attached hydrogen (secondary N) is 2. The molecule has 1 aliphatic heterocycles. The minimum atomic E-state index is -0.451. The lowest BCUT2D eigenvalue weighted by molar-refractivity contribution is -0.384. The number of rotatable bonds is 4. The summed E-state index contributed by atoms with van der Waals surface area (Å²) < 4.78 is 0. The highest BCUT2D eigenvalue weighted by molar-refractivity contribution is 7.80. The quantitative estimate of drug-likeness (QED) is 0.470. The number of amides is 1. The van der Waals surface area contributed by atoms with Crippen molar-refractivity contribution in [2.45, 2.75) is 19.3 Å². The average molecular weight is 384 g/mol. The summed E-state index contributed by atoms with van der Waals surface area (Å²) in [5.74, 6) is 0.0628. The second-order valence-electron chi connectivity index (χ2n) is 6.31. The number of hydrogen-bond acceptors (Lipinski definition) is 4. The molecule has 27 heavy (non-hydrogen) atoms. The number of likely N-dealkylation sites (tertiary alicyclic amines) is 1. The fraction of sp³-hybridized carbons (Fsp3) is 0.263. The first kappa shape index (κ1) is 18.8. The van der Waals surface area contributed by atoms with Gasteiger partial charge in [-0.05, 0) is 67.9 Å². The van der Waals surface area contributed by atoms with Crippen LogP contribution in [-0.4, -0.2) is 33.9 Å². The number of nitro groups is 1. The predicted molar refractivity (Wildman–Crippen MR) is 109 cm³/mol. The summed E-state index contributed by atoms with van der Waals surface area (Å²) in [6.07, 6.45) is 3.31. The highest BCUT2D eigenvalue weighted by Crippen LogP contribution is 2.17. The van der Waals surface area contributed by atoms with Crippen molar-refractivity contribution in [2.24, 2.45) is 0 Å². The van der Waals surface area contributed by atoms with Crippen molar-refractivity contribution in [1.29, 1.82) is 0 Å². The molecule has 3 rings (SSSR count). The van der Waals surface area contributed by atoms with E-state index in [1.165, 1.54) is 18.6 Å². The second-order valence-corrected chi connectivity index (χ2v) is 6.72. The number of nitrogens with zero attached hydrogens (tertiary/aromatic N) is 2. The predicted octanol–water partition coefficient (Wildman–Crippen LogP) is 4.03. The number of anilines is 2. The van der Waals surface area contributed by atoms with Gasteiger partial charge < -0.3 is 15.5 Å². The first-order chi connectivity index (χ1) is 13.0. The van der Waals surface area contributed by atoms with Gasteiger partial charge in [-0.1, -0.05) is 0 Å². The standard InChI is InChI=1S/C19H20N4O3S/c24-18(22-12-2-1-3-13-22)14-4-6-15(7-5-14)20-19(27)21-16-8-10-17(11-9-16)23(25)26/h4-11H,1-3,12-13H2,(H2,20,21,27). The van der Waals surface area contributed by atoms with Crippen molar-refractivity contribution in [1.82, 2.24) is 4.90 Å². The molecule has 1 fully saturated rings. The maximum absolute atomic E-state index is 12.5. The fourth-order valence-electron chi connectivity index (χ4n) is 2.94. The van der Waals surface area contributed by atoms with E-state index in [1.54, 1.807) is 36.4 Å². The summed E-state index contributed by atoms with van der Waals surface area (Å²) in [7, 11) is 0. The average Bonchev–Trinajstić information content (AvgIpc) is 2.69. The lowest BCUT2D eigenvalue weighted by atomic mass is 10.1. The molecule has 1 aliphatic rings. The second kappa shape index (κ2) is 8.59. The van der Waals surface area contributed by atoms with E-state index in [2.05, 4.69) is 10.6 Å². The number of piperidine rings is 1. The van der Waals surface area contributed by atoms with Crippen molar-refractivity contribution in [3.8, 4) is 0 Å². The Balaban J connectivity index is 1.56. The molecule has 0 aromatic heterocycles. The van der Waals surface area contributed by atoms with Crippen molar-refractivity contribution in [2.75, 3.05) is 23.7 Å². The molecule has 0 aliphatic carbocycles. The van der Waals surface area contributed by atoms with E-state index in [-0.39, 0.29) is 11.6 Å². The number of non-ortho nitro benzene ring substituents is 1. The number of thiocarbonyl (C=S) groups is 1. The van der Waals surface area contributed by atoms with Crippen LogP contribution in [0.25, 0.3) is 0 Å². The molecule has 0 radical (unpaired) electrons. The van der Waals surface area contributed by atoms with E-state index in [0.29, 0.717) is 16.4 Å². The Kier molecular flexibility index (Phi) is 5.97. The van der Waals surface area contributed by atoms with E-state index >= 15 is 0 Å². The Labute approximate surface area is 162 Å². The van der Waals surface area contributed by atoms with Crippen LogP contribution in [0.5, 0.6) is 0 Å². The molecule has 0 spiro atoms. The zero-order chi connectivity index (χ0) is 19.2. The first-order valence-electron chi connectivity index (χ1n) is 8.75. The Morgan fingerprint density at radius 2 is 1.44 bits per heavy atom. The van der Waals surface area contributed by atoms with Gasteiger partial charge in [-0.25, -0.2) is 0 Å². The normalized spacial score (nSPS) is 13.7. The van der Waals surface area contributed by atoms with E-state index in [0.717, 1.165) is 31.6 Å². The summed E-state index contributed by atoms with van der Waals surface area (Å²) in [5.41, 5.74) is 2.09. The van der Waals surface area contributed by atoms with E-state index in [1.807, 2.05) is 4.90 Å². The van der Waals surface area contributed by atoms with Gasteiger partial charge in [0.25, 0.3) is 11.6 Å². The molecule has 8 heteroatoms. The fourth-order valence-corrected chi connectivity index (χ4v) is 3.17. The van der Waals surface area contributed by atoms with Gasteiger partial charge in [0.2, 0.25) is 0 Å². The molecule has 0 bridgehead atoms. The largest absolute Gasteiger partial charge is 0.339 e. The number of benzene rings is 2. The molecular formula is C19H20N4O3S. The molecule has 2 aromatic rings. The number of carbonyl (C=O) groups is 1. The van der Waals surface area contributed by atoms with Crippen molar-refractivity contribution in [3.05, 3.63) is 64.2 Å². The molecule has 7 nitrogen and oxygen atoms in total. The van der Waals surface area contributed by atoms with Crippen LogP contribution in [0.3, 0.4) is 0 Å². The molecule has 0 atom stereocenters. The molecule has 1 heterocycles. The third kappa shape index (κ3) is 5.01. The van der Waals surface area contributed by atoms with Crippen LogP contribution in [0.4, 0.5) is 17.1 Å². The van der Waals surface area contributed by atoms with E-state index in [4.69, 9.17) is 12.2 Å². The number of hydrogen-bond donors (Lipinski definition) is 2. The Morgan fingerprint density at radius 3 is 1.96 bits per heavy atom. The topological polar surface area (TPSA) is 87.5 Å². The van der Waals surface area contributed by atoms with E-state index in [9.17, 15) is 14.9 Å². The number of nitro benzene ring substituents is 1. The van der Waals surface area contributed by atoms with Gasteiger partial charge in [0.05, 0.1) is 4.92 Å². The van der Waals surface area contributed by atoms with Crippen LogP contribution in [-0.2, 0) is 0 Å². The monoisotopic (exact) mass is 384 g/mol. The molecule has 1 saturated heterocycles. The van der Waals surface area contributed by atoms with Crippen LogP contribution >= 0.6 is 12.2 Å². The van der Waals surface area contributed by atoms with E-state index < -0.39 is 4.92 Å². The first-order valence-corrected chi connectivity index (χ1v) is 9.15. The minimum absolute atomic E-state index is 0.0217. The van der Waals surface area contributed by atoms with Crippen LogP contribution in [0.1, 0.15) is 29.6 Å². The highest BCUT2D eigenvalue weighted by Gasteiger charge is 2.17. The lowest BCUT2D eigenvalue weighted by Crippen LogP contribution is -2.35. The summed E-state index contributed by atoms with van der Waals surface area (Å²) >= 11 is 5.26. The SMILES string of the molecule is O=C(c1ccc(NC(=S)Nc2ccc([N+](=O)[O-])cc2)cc1)N1CCCCC1. The molecule has 2 N–H and O–H groups in total. The Hall–Kier alpha value is -3.00. The Morgan fingerprint density at radius 1 is 0.926 bits per heavy atom. The highest BCUT2D eigenvalue weighted by atomic mass is 32.1. The summed E-state index contributed by atoms with van der Waals surface area (Å²) in [6.45, 7) is 1.64. The summed E-state index contributed by atoms with van der Waals surface area (Å²) in [6, 6.07) is 13.2. The van der Waals surface area contributed by atoms with Gasteiger partial charge in [0.1, 0.15) is 0 Å². The zero-order valence-corrected chi connectivity index (χ0v) is 15.5. The summed E-state index contributed by atoms with van der Waals surface area (Å²) in [4.78, 5) is 24.6. The third-order valence-corrected chi connectivity index (χ3v) is 4.57. The van der Waals surface area contributed by atoms with Gasteiger partial charge in [-0.3, -0.25) is 14.9 Å². The molecule has 140 valence electrons. The Bertz CT molecular complexity index is 831. The summed E-state index contributed by atoms with van der Waals surface area (Å²) in [5, 5.41) is 17.0. The minimum Gasteiger partial charge on any atom is -0.339 e. The van der Waals surface area contributed by atoms with Crippen LogP contribution in [0.15, 0.2) is 48.5 Å². The number of carbonyl (C=O) groups excluding carboxylic acids is 1. The van der Waals surface area contributed by atoms with Crippen LogP contribution in [0, 0.1) is 10.1 Å². The lowest BCUT2D eigenvalue weighted by Gasteiger charge is -2.26. The maximum Gasteiger partial charge on any atom is 0.269 e. The van der Waals surface area contributed by atoms with Gasteiger partial charge >= 0.3 is 0 Å². The van der Waals surface area contributed by atoms with Gasteiger partial charge in [0, 0.05) is 42.2 Å². The van der Waals surface area contributed by atoms with Gasteiger partial charge in [-0.2, -0.15) is 0 Å². The molecule has 0 saturated carbocycles. The molecular weight excluding hydrogens is 364 g/mol. The third-order valence-electron chi connectivity index (χ3n) is 4.37. The molecule has 1 amide bonds. The van der Waals surface area contributed by atoms with Crippen molar-refractivity contribution >= 4 is 40.3 Å². The van der Waals surface area contributed by atoms with Crippen molar-refractivity contribution in [3.63, 3.8) is 0 Å². The zero-order valence-electron chi connectivity index (χ0n) is 14.7. The molecule has 0 unspecified atom stereocenters. The van der Waals surface area contributed by atoms with Crippen LogP contribution < -0.4 is 10.6 Å². The maximum atomic E-state index is 12.5. The van der Waals surface area contributed by atoms with Gasteiger partial charge in [-0.15, -0.1) is 0 Å².